The Balaban J connectivity index is 2.04. The first kappa shape index (κ1) is 18.9. The first-order chi connectivity index (χ1) is 12.4. The second-order valence-corrected chi connectivity index (χ2v) is 5.43. The summed E-state index contributed by atoms with van der Waals surface area (Å²) in [7, 11) is 1.31. The van der Waals surface area contributed by atoms with Gasteiger partial charge in [0.25, 0.3) is 0 Å². The molecule has 2 aromatic carbocycles. The van der Waals surface area contributed by atoms with E-state index in [1.165, 1.54) is 25.3 Å². The number of aryl methyl sites for hydroxylation is 1. The number of ether oxygens (including phenoxy) is 2. The van der Waals surface area contributed by atoms with E-state index < -0.39 is 24.2 Å². The Morgan fingerprint density at radius 3 is 2.46 bits per heavy atom. The van der Waals surface area contributed by atoms with Crippen LogP contribution >= 0.6 is 0 Å². The summed E-state index contributed by atoms with van der Waals surface area (Å²) in [6.45, 7) is 1.32. The lowest BCUT2D eigenvalue weighted by molar-refractivity contribution is -0.137. The van der Waals surface area contributed by atoms with Crippen molar-refractivity contribution < 1.29 is 23.5 Å². The molecule has 0 aliphatic carbocycles. The topological polar surface area (TPSA) is 76.4 Å². The molecule has 0 heterocycles. The number of rotatable bonds is 6. The van der Waals surface area contributed by atoms with Gasteiger partial charge in [-0.25, -0.2) is 9.18 Å². The zero-order valence-electron chi connectivity index (χ0n) is 14.3. The van der Waals surface area contributed by atoms with Crippen molar-refractivity contribution in [3.63, 3.8) is 0 Å². The van der Waals surface area contributed by atoms with Crippen LogP contribution in [0, 0.1) is 24.1 Å². The maximum Gasteiger partial charge on any atom is 0.349 e. The number of nitrogens with zero attached hydrogens (tertiary/aromatic N) is 1. The molecular weight excluding hydrogens is 337 g/mol. The number of Topliss-reactive ketones (excluding diaryl/α,β-unsaturated/α-hetero) is 1. The van der Waals surface area contributed by atoms with Crippen molar-refractivity contribution >= 4 is 17.8 Å². The Kier molecular flexibility index (Phi) is 6.23. The van der Waals surface area contributed by atoms with Crippen molar-refractivity contribution in [3.05, 3.63) is 70.5 Å². The van der Waals surface area contributed by atoms with Gasteiger partial charge in [-0.1, -0.05) is 29.8 Å². The lowest BCUT2D eigenvalue weighted by atomic mass is 10.1. The number of methoxy groups -OCH3 is 1. The maximum atomic E-state index is 13.6. The van der Waals surface area contributed by atoms with Crippen LogP contribution in [0.25, 0.3) is 6.08 Å². The quantitative estimate of drug-likeness (QED) is 0.344. The third-order valence-corrected chi connectivity index (χ3v) is 3.54. The van der Waals surface area contributed by atoms with E-state index in [2.05, 4.69) is 0 Å². The fraction of sp³-hybridized carbons (Fsp3) is 0.150. The van der Waals surface area contributed by atoms with Crippen LogP contribution in [-0.4, -0.2) is 25.5 Å². The molecule has 0 spiro atoms. The molecule has 0 radical (unpaired) electrons. The second-order valence-electron chi connectivity index (χ2n) is 5.43. The molecule has 2 aromatic rings. The minimum Gasteiger partial charge on any atom is -0.494 e. The van der Waals surface area contributed by atoms with Crippen LogP contribution in [0.4, 0.5) is 4.39 Å². The molecular formula is C20H16FNO4. The molecule has 5 nitrogen and oxygen atoms in total. The van der Waals surface area contributed by atoms with E-state index in [4.69, 9.17) is 14.7 Å². The van der Waals surface area contributed by atoms with E-state index in [1.54, 1.807) is 18.2 Å². The third-order valence-electron chi connectivity index (χ3n) is 3.54. The number of esters is 1. The summed E-state index contributed by atoms with van der Waals surface area (Å²) < 4.78 is 23.3. The van der Waals surface area contributed by atoms with Gasteiger partial charge in [-0.05, 0) is 36.8 Å². The lowest BCUT2D eigenvalue weighted by Gasteiger charge is -2.06. The van der Waals surface area contributed by atoms with Crippen LogP contribution in [0.1, 0.15) is 21.5 Å². The van der Waals surface area contributed by atoms with Gasteiger partial charge in [0.2, 0.25) is 0 Å². The predicted octanol–water partition coefficient (Wildman–Crippen LogP) is 3.48. The molecule has 2 rings (SSSR count). The highest BCUT2D eigenvalue weighted by atomic mass is 19.1. The molecule has 0 fully saturated rings. The Morgan fingerprint density at radius 1 is 1.19 bits per heavy atom. The minimum absolute atomic E-state index is 0.00587. The van der Waals surface area contributed by atoms with Gasteiger partial charge in [-0.3, -0.25) is 4.79 Å². The minimum atomic E-state index is -0.921. The summed E-state index contributed by atoms with van der Waals surface area (Å²) in [5.74, 6) is -2.20. The monoisotopic (exact) mass is 353 g/mol. The van der Waals surface area contributed by atoms with Crippen molar-refractivity contribution in [1.29, 1.82) is 5.26 Å². The summed E-state index contributed by atoms with van der Waals surface area (Å²) in [5.41, 5.74) is 1.51. The van der Waals surface area contributed by atoms with E-state index in [1.807, 2.05) is 19.1 Å². The Hall–Kier alpha value is -3.46. The molecule has 0 atom stereocenters. The van der Waals surface area contributed by atoms with Crippen molar-refractivity contribution in [1.82, 2.24) is 0 Å². The standard InChI is InChI=1S/C20H16FNO4/c1-13-3-5-14(6-4-13)9-16(11-22)20(24)26-12-18(23)15-7-8-19(25-2)17(21)10-15/h3-10H,12H2,1-2H3/b16-9+. The fourth-order valence-electron chi connectivity index (χ4n) is 2.10. The normalized spacial score (nSPS) is 10.8. The second kappa shape index (κ2) is 8.58. The van der Waals surface area contributed by atoms with Gasteiger partial charge in [0, 0.05) is 5.56 Å². The van der Waals surface area contributed by atoms with Crippen LogP contribution in [0.5, 0.6) is 5.75 Å². The first-order valence-corrected chi connectivity index (χ1v) is 7.67. The van der Waals surface area contributed by atoms with Crippen LogP contribution in [0.2, 0.25) is 0 Å². The van der Waals surface area contributed by atoms with Crippen LogP contribution in [-0.2, 0) is 9.53 Å². The van der Waals surface area contributed by atoms with Crippen LogP contribution in [0.15, 0.2) is 48.0 Å². The molecule has 6 heteroatoms. The first-order valence-electron chi connectivity index (χ1n) is 7.67. The van der Waals surface area contributed by atoms with Crippen molar-refractivity contribution in [2.24, 2.45) is 0 Å². The fourth-order valence-corrected chi connectivity index (χ4v) is 2.10. The summed E-state index contributed by atoms with van der Waals surface area (Å²) in [6, 6.07) is 12.6. The highest BCUT2D eigenvalue weighted by Gasteiger charge is 2.15. The zero-order valence-corrected chi connectivity index (χ0v) is 14.3. The number of hydrogen-bond donors (Lipinski definition) is 0. The Morgan fingerprint density at radius 2 is 1.88 bits per heavy atom. The third kappa shape index (κ3) is 4.77. The van der Waals surface area contributed by atoms with E-state index in [0.29, 0.717) is 5.56 Å². The molecule has 26 heavy (non-hydrogen) atoms. The molecule has 0 unspecified atom stereocenters. The highest BCUT2D eigenvalue weighted by Crippen LogP contribution is 2.18. The maximum absolute atomic E-state index is 13.6. The van der Waals surface area contributed by atoms with Gasteiger partial charge in [0.1, 0.15) is 11.6 Å². The molecule has 132 valence electrons. The van der Waals surface area contributed by atoms with Gasteiger partial charge in [-0.2, -0.15) is 5.26 Å². The SMILES string of the molecule is COc1ccc(C(=O)COC(=O)/C(C#N)=C/c2ccc(C)cc2)cc1F. The summed E-state index contributed by atoms with van der Waals surface area (Å²) in [5, 5.41) is 9.12. The summed E-state index contributed by atoms with van der Waals surface area (Å²) in [4.78, 5) is 24.0. The zero-order chi connectivity index (χ0) is 19.1. The highest BCUT2D eigenvalue weighted by molar-refractivity contribution is 6.01. The number of carbonyl (C=O) groups is 2. The van der Waals surface area contributed by atoms with Crippen LogP contribution in [0.3, 0.4) is 0 Å². The molecule has 0 amide bonds. The van der Waals surface area contributed by atoms with Crippen molar-refractivity contribution in [3.8, 4) is 11.8 Å². The van der Waals surface area contributed by atoms with Gasteiger partial charge in [0.05, 0.1) is 7.11 Å². The number of nitriles is 1. The van der Waals surface area contributed by atoms with Crippen molar-refractivity contribution in [2.45, 2.75) is 6.92 Å². The van der Waals surface area contributed by atoms with E-state index in [0.717, 1.165) is 11.6 Å². The van der Waals surface area contributed by atoms with Crippen LogP contribution < -0.4 is 4.74 Å². The molecule has 0 saturated carbocycles. The van der Waals surface area contributed by atoms with Crippen molar-refractivity contribution in [2.75, 3.05) is 13.7 Å². The number of hydrogen-bond acceptors (Lipinski definition) is 5. The van der Waals surface area contributed by atoms with Gasteiger partial charge >= 0.3 is 5.97 Å². The average molecular weight is 353 g/mol. The predicted molar refractivity (Wildman–Crippen MR) is 93.0 cm³/mol. The summed E-state index contributed by atoms with van der Waals surface area (Å²) in [6.07, 6.45) is 1.37. The molecule has 0 bridgehead atoms. The molecule has 0 N–H and O–H groups in total. The number of halogens is 1. The Labute approximate surface area is 150 Å². The molecule has 0 aliphatic rings. The number of ketones is 1. The smallest absolute Gasteiger partial charge is 0.349 e. The average Bonchev–Trinajstić information content (AvgIpc) is 2.65. The number of carbonyl (C=O) groups excluding carboxylic acids is 2. The van der Waals surface area contributed by atoms with E-state index >= 15 is 0 Å². The van der Waals surface area contributed by atoms with E-state index in [-0.39, 0.29) is 16.9 Å². The van der Waals surface area contributed by atoms with Gasteiger partial charge in [-0.15, -0.1) is 0 Å². The lowest BCUT2D eigenvalue weighted by Crippen LogP contribution is -2.15. The Bertz CT molecular complexity index is 895. The molecule has 0 aromatic heterocycles. The molecule has 0 aliphatic heterocycles. The largest absolute Gasteiger partial charge is 0.494 e. The summed E-state index contributed by atoms with van der Waals surface area (Å²) >= 11 is 0. The molecule has 0 saturated heterocycles. The van der Waals surface area contributed by atoms with E-state index in [9.17, 15) is 14.0 Å². The number of benzene rings is 2. The van der Waals surface area contributed by atoms with Gasteiger partial charge in [0.15, 0.2) is 24.0 Å². The van der Waals surface area contributed by atoms with Gasteiger partial charge < -0.3 is 9.47 Å².